The Morgan fingerprint density at radius 2 is 1.90 bits per heavy atom. The highest BCUT2D eigenvalue weighted by Gasteiger charge is 2.52. The molecule has 1 aromatic rings. The van der Waals surface area contributed by atoms with Crippen molar-refractivity contribution in [3.63, 3.8) is 0 Å². The summed E-state index contributed by atoms with van der Waals surface area (Å²) in [5, 5.41) is 3.89. The van der Waals surface area contributed by atoms with Crippen molar-refractivity contribution in [1.29, 1.82) is 0 Å². The van der Waals surface area contributed by atoms with E-state index in [1.54, 1.807) is 0 Å². The Labute approximate surface area is 129 Å². The average molecular weight is 286 g/mol. The molecule has 0 spiro atoms. The van der Waals surface area contributed by atoms with Crippen molar-refractivity contribution >= 4 is 0 Å². The predicted octanol–water partition coefficient (Wildman–Crippen LogP) is 3.77. The molecule has 2 nitrogen and oxygen atoms in total. The fourth-order valence-corrected chi connectivity index (χ4v) is 4.02. The molecule has 1 saturated heterocycles. The lowest BCUT2D eigenvalue weighted by atomic mass is 9.80. The third-order valence-corrected chi connectivity index (χ3v) is 5.97. The van der Waals surface area contributed by atoms with Crippen molar-refractivity contribution in [2.24, 2.45) is 5.92 Å². The van der Waals surface area contributed by atoms with Gasteiger partial charge in [-0.25, -0.2) is 0 Å². The van der Waals surface area contributed by atoms with Gasteiger partial charge in [-0.05, 0) is 51.5 Å². The second-order valence-electron chi connectivity index (χ2n) is 7.57. The van der Waals surface area contributed by atoms with E-state index in [0.717, 1.165) is 19.0 Å². The van der Waals surface area contributed by atoms with Crippen LogP contribution in [0.15, 0.2) is 30.3 Å². The number of benzene rings is 1. The minimum atomic E-state index is 0.0685. The summed E-state index contributed by atoms with van der Waals surface area (Å²) < 4.78 is 0. The van der Waals surface area contributed by atoms with Crippen LogP contribution in [-0.2, 0) is 5.54 Å². The summed E-state index contributed by atoms with van der Waals surface area (Å²) in [5.41, 5.74) is 1.82. The first-order valence-corrected chi connectivity index (χ1v) is 8.57. The van der Waals surface area contributed by atoms with Gasteiger partial charge in [-0.15, -0.1) is 0 Å². The molecule has 2 heteroatoms. The summed E-state index contributed by atoms with van der Waals surface area (Å²) in [4.78, 5) is 2.80. The lowest BCUT2D eigenvalue weighted by molar-refractivity contribution is -0.0237. The van der Waals surface area contributed by atoms with Gasteiger partial charge in [0.25, 0.3) is 0 Å². The number of hydrogen-bond acceptors (Lipinski definition) is 2. The van der Waals surface area contributed by atoms with Gasteiger partial charge in [0.2, 0.25) is 0 Å². The normalized spacial score (nSPS) is 35.6. The van der Waals surface area contributed by atoms with Crippen LogP contribution in [0.1, 0.15) is 52.5 Å². The van der Waals surface area contributed by atoms with Crippen molar-refractivity contribution in [1.82, 2.24) is 10.2 Å². The molecule has 3 rings (SSSR count). The molecule has 3 unspecified atom stereocenters. The van der Waals surface area contributed by atoms with E-state index in [1.165, 1.54) is 24.8 Å². The second-order valence-corrected chi connectivity index (χ2v) is 7.57. The van der Waals surface area contributed by atoms with Crippen LogP contribution in [0, 0.1) is 5.92 Å². The molecule has 1 aliphatic carbocycles. The lowest BCUT2D eigenvalue weighted by Crippen LogP contribution is -2.69. The molecular formula is C19H30N2. The first kappa shape index (κ1) is 15.1. The molecular weight excluding hydrogens is 256 g/mol. The van der Waals surface area contributed by atoms with Crippen LogP contribution in [0.25, 0.3) is 0 Å². The Kier molecular flexibility index (Phi) is 3.87. The number of rotatable bonds is 4. The van der Waals surface area contributed by atoms with Gasteiger partial charge in [0.1, 0.15) is 0 Å². The van der Waals surface area contributed by atoms with Gasteiger partial charge in [-0.1, -0.05) is 37.3 Å². The number of hydrogen-bond donors (Lipinski definition) is 1. The van der Waals surface area contributed by atoms with Gasteiger partial charge >= 0.3 is 0 Å². The van der Waals surface area contributed by atoms with E-state index < -0.39 is 0 Å². The van der Waals surface area contributed by atoms with Crippen LogP contribution < -0.4 is 5.32 Å². The third-order valence-electron chi connectivity index (χ3n) is 5.97. The Hall–Kier alpha value is -0.860. The van der Waals surface area contributed by atoms with Crippen LogP contribution in [0.3, 0.4) is 0 Å². The topological polar surface area (TPSA) is 15.3 Å². The lowest BCUT2D eigenvalue weighted by Gasteiger charge is -2.55. The van der Waals surface area contributed by atoms with Gasteiger partial charge in [0, 0.05) is 24.7 Å². The van der Waals surface area contributed by atoms with E-state index in [1.807, 2.05) is 0 Å². The van der Waals surface area contributed by atoms with E-state index in [0.29, 0.717) is 11.6 Å². The number of nitrogens with zero attached hydrogens (tertiary/aromatic N) is 1. The molecule has 1 heterocycles. The minimum Gasteiger partial charge on any atom is -0.305 e. The molecule has 2 aliphatic rings. The Morgan fingerprint density at radius 3 is 2.48 bits per heavy atom. The maximum atomic E-state index is 3.89. The van der Waals surface area contributed by atoms with Gasteiger partial charge in [0.05, 0.1) is 5.54 Å². The van der Waals surface area contributed by atoms with Crippen LogP contribution in [-0.4, -0.2) is 29.6 Å². The summed E-state index contributed by atoms with van der Waals surface area (Å²) in [6.45, 7) is 11.8. The van der Waals surface area contributed by atoms with Crippen LogP contribution >= 0.6 is 0 Å². The monoisotopic (exact) mass is 286 g/mol. The molecule has 3 atom stereocenters. The minimum absolute atomic E-state index is 0.0685. The first-order valence-electron chi connectivity index (χ1n) is 8.57. The molecule has 1 saturated carbocycles. The van der Waals surface area contributed by atoms with Crippen molar-refractivity contribution in [2.75, 3.05) is 13.1 Å². The van der Waals surface area contributed by atoms with Crippen molar-refractivity contribution < 1.29 is 0 Å². The molecule has 1 aliphatic heterocycles. The maximum absolute atomic E-state index is 3.89. The van der Waals surface area contributed by atoms with Crippen molar-refractivity contribution in [2.45, 2.75) is 64.1 Å². The fourth-order valence-electron chi connectivity index (χ4n) is 4.02. The van der Waals surface area contributed by atoms with Crippen LogP contribution in [0.4, 0.5) is 0 Å². The quantitative estimate of drug-likeness (QED) is 0.906. The van der Waals surface area contributed by atoms with Crippen molar-refractivity contribution in [3.8, 4) is 0 Å². The zero-order chi connectivity index (χ0) is 15.1. The van der Waals surface area contributed by atoms with E-state index in [4.69, 9.17) is 0 Å². The SMILES string of the molecule is CCC(C)N1CC(C)(c2ccccc2)NCC1(C)C1CC1. The summed E-state index contributed by atoms with van der Waals surface area (Å²) in [7, 11) is 0. The Balaban J connectivity index is 1.89. The van der Waals surface area contributed by atoms with E-state index >= 15 is 0 Å². The predicted molar refractivity (Wildman–Crippen MR) is 89.4 cm³/mol. The summed E-state index contributed by atoms with van der Waals surface area (Å²) in [5.74, 6) is 0.888. The maximum Gasteiger partial charge on any atom is 0.0535 e. The molecule has 21 heavy (non-hydrogen) atoms. The Bertz CT molecular complexity index is 482. The Morgan fingerprint density at radius 1 is 1.24 bits per heavy atom. The summed E-state index contributed by atoms with van der Waals surface area (Å²) in [6.07, 6.45) is 4.05. The van der Waals surface area contributed by atoms with Crippen LogP contribution in [0.5, 0.6) is 0 Å². The molecule has 1 N–H and O–H groups in total. The molecule has 1 aromatic carbocycles. The highest BCUT2D eigenvalue weighted by molar-refractivity contribution is 5.26. The second kappa shape index (κ2) is 5.40. The van der Waals surface area contributed by atoms with Crippen molar-refractivity contribution in [3.05, 3.63) is 35.9 Å². The molecule has 2 fully saturated rings. The van der Waals surface area contributed by atoms with Gasteiger partial charge in [-0.2, -0.15) is 0 Å². The zero-order valence-corrected chi connectivity index (χ0v) is 14.0. The van der Waals surface area contributed by atoms with Crippen LogP contribution in [0.2, 0.25) is 0 Å². The number of nitrogens with one attached hydrogen (secondary N) is 1. The largest absolute Gasteiger partial charge is 0.305 e. The zero-order valence-electron chi connectivity index (χ0n) is 14.0. The summed E-state index contributed by atoms with van der Waals surface area (Å²) >= 11 is 0. The molecule has 0 amide bonds. The van der Waals surface area contributed by atoms with E-state index in [2.05, 4.69) is 68.2 Å². The average Bonchev–Trinajstić information content (AvgIpc) is 3.35. The van der Waals surface area contributed by atoms with Gasteiger partial charge in [-0.3, -0.25) is 4.90 Å². The standard InChI is InChI=1S/C19H30N2/c1-5-15(2)21-14-18(3,16-9-7-6-8-10-16)20-13-19(21,4)17-11-12-17/h6-10,15,17,20H,5,11-14H2,1-4H3. The smallest absolute Gasteiger partial charge is 0.0535 e. The molecule has 116 valence electrons. The molecule has 0 aromatic heterocycles. The van der Waals surface area contributed by atoms with Gasteiger partial charge in [0.15, 0.2) is 0 Å². The molecule has 0 radical (unpaired) electrons. The fraction of sp³-hybridized carbons (Fsp3) is 0.684. The highest BCUT2D eigenvalue weighted by atomic mass is 15.3. The first-order chi connectivity index (χ1) is 9.99. The third kappa shape index (κ3) is 2.64. The van der Waals surface area contributed by atoms with Gasteiger partial charge < -0.3 is 5.32 Å². The highest BCUT2D eigenvalue weighted by Crippen LogP contribution is 2.46. The molecule has 0 bridgehead atoms. The van der Waals surface area contributed by atoms with E-state index in [9.17, 15) is 0 Å². The number of piperazine rings is 1. The van der Waals surface area contributed by atoms with E-state index in [-0.39, 0.29) is 5.54 Å². The summed E-state index contributed by atoms with van der Waals surface area (Å²) in [6, 6.07) is 11.6.